The minimum atomic E-state index is -4.48. The third-order valence-corrected chi connectivity index (χ3v) is 6.88. The lowest BCUT2D eigenvalue weighted by Gasteiger charge is -2.29. The second-order valence-corrected chi connectivity index (χ2v) is 9.32. The average Bonchev–Trinajstić information content (AvgIpc) is 3.26. The molecule has 1 saturated carbocycles. The largest absolute Gasteiger partial charge is 0.457 e. The van der Waals surface area contributed by atoms with Gasteiger partial charge in [0.15, 0.2) is 0 Å². The third-order valence-electron chi connectivity index (χ3n) is 5.22. The molecule has 1 aromatic carbocycles. The second-order valence-electron chi connectivity index (χ2n) is 7.24. The van der Waals surface area contributed by atoms with Crippen LogP contribution < -0.4 is 0 Å². The van der Waals surface area contributed by atoms with Crippen molar-refractivity contribution in [2.75, 3.05) is 0 Å². The van der Waals surface area contributed by atoms with Gasteiger partial charge in [-0.05, 0) is 43.2 Å². The number of alkyl halides is 3. The smallest absolute Gasteiger partial charge is 0.416 e. The molecule has 0 spiro atoms. The average molecular weight is 472 g/mol. The number of hydrogen-bond acceptors (Lipinski definition) is 4. The summed E-state index contributed by atoms with van der Waals surface area (Å²) >= 11 is 12.7. The van der Waals surface area contributed by atoms with Crippen LogP contribution in [0, 0.1) is 0 Å². The van der Waals surface area contributed by atoms with E-state index in [1.165, 1.54) is 30.3 Å². The molecule has 9 heteroatoms. The highest BCUT2D eigenvalue weighted by Gasteiger charge is 2.37. The Morgan fingerprint density at radius 3 is 2.60 bits per heavy atom. The van der Waals surface area contributed by atoms with Crippen molar-refractivity contribution in [3.63, 3.8) is 0 Å². The van der Waals surface area contributed by atoms with Gasteiger partial charge in [0.25, 0.3) is 5.91 Å². The maximum absolute atomic E-state index is 13.0. The van der Waals surface area contributed by atoms with Crippen molar-refractivity contribution in [2.24, 2.45) is 0 Å². The van der Waals surface area contributed by atoms with Crippen LogP contribution in [0.5, 0.6) is 0 Å². The number of nitrogens with zero attached hydrogens (tertiary/aromatic N) is 1. The SMILES string of the molecule is O=C1C(=Cc2ccc(-c3cc(C(F)(F)F)ccc3Cl)o2)SC(=S)N1C1CCCCC1. The molecule has 2 fully saturated rings. The van der Waals surface area contributed by atoms with E-state index in [4.69, 9.17) is 28.2 Å². The monoisotopic (exact) mass is 471 g/mol. The van der Waals surface area contributed by atoms with Gasteiger partial charge >= 0.3 is 6.18 Å². The van der Waals surface area contributed by atoms with Crippen LogP contribution in [0.2, 0.25) is 5.02 Å². The fourth-order valence-corrected chi connectivity index (χ4v) is 5.32. The molecule has 0 radical (unpaired) electrons. The van der Waals surface area contributed by atoms with Crippen molar-refractivity contribution in [1.29, 1.82) is 0 Å². The number of halogens is 4. The molecule has 2 aliphatic rings. The van der Waals surface area contributed by atoms with E-state index in [0.717, 1.165) is 37.8 Å². The number of thiocarbonyl (C=S) groups is 1. The fourth-order valence-electron chi connectivity index (χ4n) is 3.73. The Morgan fingerprint density at radius 1 is 1.17 bits per heavy atom. The van der Waals surface area contributed by atoms with E-state index in [0.29, 0.717) is 15.0 Å². The van der Waals surface area contributed by atoms with E-state index >= 15 is 0 Å². The number of carbonyl (C=O) groups excluding carboxylic acids is 1. The summed E-state index contributed by atoms with van der Waals surface area (Å²) in [5.74, 6) is 0.398. The summed E-state index contributed by atoms with van der Waals surface area (Å²) in [5.41, 5.74) is -0.672. The highest BCUT2D eigenvalue weighted by molar-refractivity contribution is 8.26. The van der Waals surface area contributed by atoms with Crippen LogP contribution in [-0.2, 0) is 11.0 Å². The topological polar surface area (TPSA) is 33.5 Å². The van der Waals surface area contributed by atoms with Gasteiger partial charge in [-0.25, -0.2) is 0 Å². The normalized spacial score (nSPS) is 19.9. The lowest BCUT2D eigenvalue weighted by Crippen LogP contribution is -2.39. The van der Waals surface area contributed by atoms with Crippen molar-refractivity contribution < 1.29 is 22.4 Å². The van der Waals surface area contributed by atoms with Crippen molar-refractivity contribution in [1.82, 2.24) is 4.90 Å². The summed E-state index contributed by atoms with van der Waals surface area (Å²) in [6, 6.07) is 6.33. The van der Waals surface area contributed by atoms with Gasteiger partial charge in [-0.15, -0.1) is 0 Å². The minimum absolute atomic E-state index is 0.133. The maximum Gasteiger partial charge on any atom is 0.416 e. The van der Waals surface area contributed by atoms with Gasteiger partial charge in [-0.2, -0.15) is 13.2 Å². The molecule has 2 aromatic rings. The van der Waals surface area contributed by atoms with Crippen LogP contribution >= 0.6 is 35.6 Å². The first kappa shape index (κ1) is 21.5. The highest BCUT2D eigenvalue weighted by atomic mass is 35.5. The Morgan fingerprint density at radius 2 is 1.90 bits per heavy atom. The van der Waals surface area contributed by atoms with Gasteiger partial charge in [-0.1, -0.05) is 54.8 Å². The minimum Gasteiger partial charge on any atom is -0.457 e. The first-order valence-electron chi connectivity index (χ1n) is 9.48. The number of carbonyl (C=O) groups is 1. The predicted molar refractivity (Wildman–Crippen MR) is 116 cm³/mol. The molecule has 0 unspecified atom stereocenters. The van der Waals surface area contributed by atoms with E-state index in [-0.39, 0.29) is 28.3 Å². The molecule has 1 saturated heterocycles. The van der Waals surface area contributed by atoms with Crippen LogP contribution in [0.15, 0.2) is 39.7 Å². The predicted octanol–water partition coefficient (Wildman–Crippen LogP) is 7.15. The fraction of sp³-hybridized carbons (Fsp3) is 0.333. The Balaban J connectivity index is 1.59. The van der Waals surface area contributed by atoms with E-state index in [1.807, 2.05) is 0 Å². The van der Waals surface area contributed by atoms with E-state index < -0.39 is 11.7 Å². The first-order chi connectivity index (χ1) is 14.2. The Bertz CT molecular complexity index is 1030. The van der Waals surface area contributed by atoms with Gasteiger partial charge in [0.1, 0.15) is 15.8 Å². The quantitative estimate of drug-likeness (QED) is 0.351. The number of hydrogen-bond donors (Lipinski definition) is 0. The summed E-state index contributed by atoms with van der Waals surface area (Å²) in [6.45, 7) is 0. The standard InChI is InChI=1S/C21H17ClF3NO2S2/c22-16-8-6-12(21(23,24)25)10-15(16)17-9-7-14(28-17)11-18-19(27)26(20(29)30-18)13-4-2-1-3-5-13/h6-11,13H,1-5H2. The van der Waals surface area contributed by atoms with Crippen LogP contribution in [0.1, 0.15) is 43.4 Å². The molecule has 0 bridgehead atoms. The Labute approximate surface area is 186 Å². The van der Waals surface area contributed by atoms with Gasteiger partial charge in [0, 0.05) is 17.7 Å². The highest BCUT2D eigenvalue weighted by Crippen LogP contribution is 2.39. The van der Waals surface area contributed by atoms with Crippen molar-refractivity contribution in [3.8, 4) is 11.3 Å². The van der Waals surface area contributed by atoms with Gasteiger partial charge in [-0.3, -0.25) is 9.69 Å². The van der Waals surface area contributed by atoms with Crippen LogP contribution in [0.25, 0.3) is 17.4 Å². The summed E-state index contributed by atoms with van der Waals surface area (Å²) in [5, 5.41) is 0.146. The van der Waals surface area contributed by atoms with Crippen molar-refractivity contribution in [2.45, 2.75) is 44.3 Å². The maximum atomic E-state index is 13.0. The number of furan rings is 1. The van der Waals surface area contributed by atoms with Crippen LogP contribution in [0.4, 0.5) is 13.2 Å². The zero-order valence-electron chi connectivity index (χ0n) is 15.7. The molecule has 0 atom stereocenters. The van der Waals surface area contributed by atoms with Gasteiger partial charge < -0.3 is 4.42 Å². The number of thioether (sulfide) groups is 1. The summed E-state index contributed by atoms with van der Waals surface area (Å²) < 4.78 is 45.3. The molecule has 2 heterocycles. The van der Waals surface area contributed by atoms with Crippen LogP contribution in [-0.4, -0.2) is 21.2 Å². The van der Waals surface area contributed by atoms with Crippen molar-refractivity contribution >= 4 is 51.9 Å². The van der Waals surface area contributed by atoms with Crippen molar-refractivity contribution in [3.05, 3.63) is 51.6 Å². The lowest BCUT2D eigenvalue weighted by atomic mass is 9.94. The molecule has 4 rings (SSSR count). The molecule has 1 amide bonds. The molecule has 1 aliphatic carbocycles. The van der Waals surface area contributed by atoms with E-state index in [2.05, 4.69) is 0 Å². The zero-order chi connectivity index (χ0) is 21.5. The Hall–Kier alpha value is -1.77. The summed E-state index contributed by atoms with van der Waals surface area (Å²) in [7, 11) is 0. The summed E-state index contributed by atoms with van der Waals surface area (Å²) in [6.07, 6.45) is 2.32. The Kier molecular flexibility index (Phi) is 6.01. The van der Waals surface area contributed by atoms with Gasteiger partial charge in [0.2, 0.25) is 0 Å². The molecule has 1 aromatic heterocycles. The number of amides is 1. The van der Waals surface area contributed by atoms with E-state index in [1.54, 1.807) is 17.0 Å². The zero-order valence-corrected chi connectivity index (χ0v) is 18.1. The lowest BCUT2D eigenvalue weighted by molar-refractivity contribution is -0.137. The summed E-state index contributed by atoms with van der Waals surface area (Å²) in [4.78, 5) is 15.0. The second kappa shape index (κ2) is 8.40. The van der Waals surface area contributed by atoms with E-state index in [9.17, 15) is 18.0 Å². The molecule has 3 nitrogen and oxygen atoms in total. The molecule has 158 valence electrons. The molecular formula is C21H17ClF3NO2S2. The molecule has 1 aliphatic heterocycles. The molecular weight excluding hydrogens is 455 g/mol. The number of benzene rings is 1. The first-order valence-corrected chi connectivity index (χ1v) is 11.1. The van der Waals surface area contributed by atoms with Gasteiger partial charge in [0.05, 0.1) is 15.5 Å². The molecule has 30 heavy (non-hydrogen) atoms. The third kappa shape index (κ3) is 4.31. The molecule has 0 N–H and O–H groups in total. The number of rotatable bonds is 3. The van der Waals surface area contributed by atoms with Crippen LogP contribution in [0.3, 0.4) is 0 Å².